The molecule has 2 heteroatoms. The van der Waals surface area contributed by atoms with E-state index in [0.29, 0.717) is 5.92 Å². The van der Waals surface area contributed by atoms with E-state index >= 15 is 0 Å². The van der Waals surface area contributed by atoms with Gasteiger partial charge >= 0.3 is 0 Å². The van der Waals surface area contributed by atoms with Gasteiger partial charge in [0.2, 0.25) is 0 Å². The lowest BCUT2D eigenvalue weighted by Gasteiger charge is -2.43. The molecule has 136 valence electrons. The van der Waals surface area contributed by atoms with Crippen molar-refractivity contribution in [1.29, 1.82) is 0 Å². The van der Waals surface area contributed by atoms with Gasteiger partial charge in [0.1, 0.15) is 0 Å². The molecule has 1 fully saturated rings. The summed E-state index contributed by atoms with van der Waals surface area (Å²) in [5.41, 5.74) is 5.73. The fourth-order valence-corrected chi connectivity index (χ4v) is 4.07. The van der Waals surface area contributed by atoms with Gasteiger partial charge < -0.3 is 0 Å². The zero-order chi connectivity index (χ0) is 18.1. The standard InChI is InChI=1S/C24H30N2/c25-26-24(20-10-16-22-13-5-2-6-14-22)19-8-7-17-23(24)18-9-15-21-11-3-1-4-12-21/h1-6,9-16,23,26H,7-8,17-20,25H2. The van der Waals surface area contributed by atoms with Gasteiger partial charge in [-0.25, -0.2) is 0 Å². The van der Waals surface area contributed by atoms with Crippen LogP contribution in [-0.2, 0) is 0 Å². The molecule has 2 aromatic carbocycles. The smallest absolute Gasteiger partial charge is 0.0386 e. The highest BCUT2D eigenvalue weighted by Crippen LogP contribution is 2.38. The Balaban J connectivity index is 1.66. The summed E-state index contributed by atoms with van der Waals surface area (Å²) >= 11 is 0. The quantitative estimate of drug-likeness (QED) is 0.507. The highest BCUT2D eigenvalue weighted by atomic mass is 15.3. The minimum absolute atomic E-state index is 0.00452. The molecule has 2 unspecified atom stereocenters. The van der Waals surface area contributed by atoms with Crippen molar-refractivity contribution in [2.75, 3.05) is 0 Å². The molecule has 3 rings (SSSR count). The van der Waals surface area contributed by atoms with Gasteiger partial charge in [0.15, 0.2) is 0 Å². The monoisotopic (exact) mass is 346 g/mol. The SMILES string of the molecule is NNC1(CC=Cc2ccccc2)CCCCC1CC=Cc1ccccc1. The van der Waals surface area contributed by atoms with Gasteiger partial charge in [-0.3, -0.25) is 11.3 Å². The third-order valence-corrected chi connectivity index (χ3v) is 5.62. The van der Waals surface area contributed by atoms with Gasteiger partial charge in [-0.2, -0.15) is 0 Å². The number of hydrazine groups is 1. The number of nitrogens with two attached hydrogens (primary N) is 1. The minimum Gasteiger partial charge on any atom is -0.271 e. The Bertz CT molecular complexity index is 706. The van der Waals surface area contributed by atoms with E-state index in [9.17, 15) is 0 Å². The van der Waals surface area contributed by atoms with Crippen molar-refractivity contribution in [3.63, 3.8) is 0 Å². The maximum atomic E-state index is 6.08. The number of allylic oxidation sites excluding steroid dienone is 1. The molecule has 2 atom stereocenters. The third kappa shape index (κ3) is 4.94. The normalized spacial score (nSPS) is 23.7. The molecule has 0 aromatic heterocycles. The van der Waals surface area contributed by atoms with Gasteiger partial charge in [-0.15, -0.1) is 0 Å². The van der Waals surface area contributed by atoms with Gasteiger partial charge in [-0.1, -0.05) is 97.8 Å². The average molecular weight is 347 g/mol. The summed E-state index contributed by atoms with van der Waals surface area (Å²) in [7, 11) is 0. The number of hydrogen-bond donors (Lipinski definition) is 2. The molecular formula is C24H30N2. The summed E-state index contributed by atoms with van der Waals surface area (Å²) in [5, 5.41) is 0. The third-order valence-electron chi connectivity index (χ3n) is 5.62. The van der Waals surface area contributed by atoms with Crippen LogP contribution in [0, 0.1) is 5.92 Å². The summed E-state index contributed by atoms with van der Waals surface area (Å²) < 4.78 is 0. The molecule has 1 saturated carbocycles. The Morgan fingerprint density at radius 3 is 2.12 bits per heavy atom. The fourth-order valence-electron chi connectivity index (χ4n) is 4.07. The van der Waals surface area contributed by atoms with Crippen LogP contribution in [0.1, 0.15) is 49.7 Å². The van der Waals surface area contributed by atoms with Crippen molar-refractivity contribution in [3.05, 3.63) is 83.9 Å². The molecule has 0 aliphatic heterocycles. The Labute approximate surface area is 157 Å². The van der Waals surface area contributed by atoms with Gasteiger partial charge in [0, 0.05) is 5.54 Å². The summed E-state index contributed by atoms with van der Waals surface area (Å²) in [5.74, 6) is 6.65. The molecule has 1 aliphatic carbocycles. The lowest BCUT2D eigenvalue weighted by atomic mass is 9.69. The van der Waals surface area contributed by atoms with Crippen LogP contribution in [0.3, 0.4) is 0 Å². The Kier molecular flexibility index (Phi) is 6.82. The van der Waals surface area contributed by atoms with Gasteiger partial charge in [0.25, 0.3) is 0 Å². The number of hydrogen-bond acceptors (Lipinski definition) is 2. The average Bonchev–Trinajstić information content (AvgIpc) is 2.71. The summed E-state index contributed by atoms with van der Waals surface area (Å²) in [6.07, 6.45) is 16.0. The van der Waals surface area contributed by atoms with E-state index in [1.54, 1.807) is 0 Å². The number of nitrogens with one attached hydrogen (secondary N) is 1. The molecule has 2 nitrogen and oxygen atoms in total. The maximum Gasteiger partial charge on any atom is 0.0386 e. The molecular weight excluding hydrogens is 316 g/mol. The van der Waals surface area contributed by atoms with E-state index in [4.69, 9.17) is 5.84 Å². The van der Waals surface area contributed by atoms with Gasteiger partial charge in [0.05, 0.1) is 0 Å². The second-order valence-electron chi connectivity index (χ2n) is 7.31. The van der Waals surface area contributed by atoms with Crippen molar-refractivity contribution in [1.82, 2.24) is 5.43 Å². The first kappa shape index (κ1) is 18.6. The lowest BCUT2D eigenvalue weighted by molar-refractivity contribution is 0.145. The van der Waals surface area contributed by atoms with Crippen molar-refractivity contribution in [2.45, 2.75) is 44.1 Å². The van der Waals surface area contributed by atoms with Crippen LogP contribution >= 0.6 is 0 Å². The van der Waals surface area contributed by atoms with Crippen LogP contribution in [0.5, 0.6) is 0 Å². The second kappa shape index (κ2) is 9.51. The molecule has 2 aromatic rings. The molecule has 0 spiro atoms. The Morgan fingerprint density at radius 2 is 1.50 bits per heavy atom. The first-order valence-electron chi connectivity index (χ1n) is 9.73. The minimum atomic E-state index is 0.00452. The molecule has 0 bridgehead atoms. The molecule has 1 aliphatic rings. The maximum absolute atomic E-state index is 6.08. The predicted octanol–water partition coefficient (Wildman–Crippen LogP) is 5.59. The number of benzene rings is 2. The van der Waals surface area contributed by atoms with Crippen LogP contribution in [0.4, 0.5) is 0 Å². The van der Waals surface area contributed by atoms with Crippen molar-refractivity contribution >= 4 is 12.2 Å². The molecule has 26 heavy (non-hydrogen) atoms. The summed E-state index contributed by atoms with van der Waals surface area (Å²) in [6.45, 7) is 0. The zero-order valence-electron chi connectivity index (χ0n) is 15.5. The molecule has 0 heterocycles. The number of rotatable bonds is 7. The van der Waals surface area contributed by atoms with E-state index in [0.717, 1.165) is 19.3 Å². The molecule has 0 radical (unpaired) electrons. The van der Waals surface area contributed by atoms with Crippen molar-refractivity contribution < 1.29 is 0 Å². The van der Waals surface area contributed by atoms with Crippen LogP contribution in [0.15, 0.2) is 72.8 Å². The highest BCUT2D eigenvalue weighted by Gasteiger charge is 2.38. The van der Waals surface area contributed by atoms with E-state index in [2.05, 4.69) is 90.4 Å². The van der Waals surface area contributed by atoms with E-state index in [-0.39, 0.29) is 5.54 Å². The van der Waals surface area contributed by atoms with Crippen molar-refractivity contribution in [3.8, 4) is 0 Å². The first-order chi connectivity index (χ1) is 12.8. The highest BCUT2D eigenvalue weighted by molar-refractivity contribution is 5.49. The van der Waals surface area contributed by atoms with Crippen LogP contribution in [0.2, 0.25) is 0 Å². The van der Waals surface area contributed by atoms with E-state index < -0.39 is 0 Å². The lowest BCUT2D eigenvalue weighted by Crippen LogP contribution is -2.55. The Morgan fingerprint density at radius 1 is 0.885 bits per heavy atom. The predicted molar refractivity (Wildman–Crippen MR) is 112 cm³/mol. The van der Waals surface area contributed by atoms with Crippen LogP contribution in [0.25, 0.3) is 12.2 Å². The van der Waals surface area contributed by atoms with E-state index in [1.165, 1.54) is 30.4 Å². The zero-order valence-corrected chi connectivity index (χ0v) is 15.5. The molecule has 3 N–H and O–H groups in total. The van der Waals surface area contributed by atoms with Crippen LogP contribution in [-0.4, -0.2) is 5.54 Å². The Hall–Kier alpha value is -2.16. The second-order valence-corrected chi connectivity index (χ2v) is 7.31. The molecule has 0 saturated heterocycles. The molecule has 0 amide bonds. The summed E-state index contributed by atoms with van der Waals surface area (Å²) in [6, 6.07) is 21.0. The van der Waals surface area contributed by atoms with Crippen molar-refractivity contribution in [2.24, 2.45) is 11.8 Å². The fraction of sp³-hybridized carbons (Fsp3) is 0.333. The first-order valence-corrected chi connectivity index (χ1v) is 9.73. The van der Waals surface area contributed by atoms with E-state index in [1.807, 2.05) is 0 Å². The van der Waals surface area contributed by atoms with Crippen LogP contribution < -0.4 is 11.3 Å². The topological polar surface area (TPSA) is 38.0 Å². The largest absolute Gasteiger partial charge is 0.271 e. The van der Waals surface area contributed by atoms with Gasteiger partial charge in [-0.05, 0) is 42.7 Å². The summed E-state index contributed by atoms with van der Waals surface area (Å²) in [4.78, 5) is 0.